The minimum Gasteiger partial charge on any atom is -0.490 e. The standard InChI is InChI=1S/C26H43N3O/c1-3-28(21-23-7-6-10-26(19-23)30-25-8-4-5-9-25)20-22-11-17-29(18-12-22)24-13-15-27(2)16-14-24/h6-7,10,19,22,24-25H,3-5,8-9,11-18,20-21H2,1-2H3. The number of benzene rings is 1. The number of nitrogens with zero attached hydrogens (tertiary/aromatic N) is 3. The Morgan fingerprint density at radius 2 is 1.70 bits per heavy atom. The van der Waals surface area contributed by atoms with Gasteiger partial charge in [0.25, 0.3) is 0 Å². The average Bonchev–Trinajstić information content (AvgIpc) is 3.28. The molecule has 30 heavy (non-hydrogen) atoms. The Morgan fingerprint density at radius 3 is 2.40 bits per heavy atom. The van der Waals surface area contributed by atoms with E-state index in [1.54, 1.807) is 0 Å². The predicted molar refractivity (Wildman–Crippen MR) is 125 cm³/mol. The van der Waals surface area contributed by atoms with E-state index in [1.165, 1.54) is 89.7 Å². The molecule has 0 aromatic heterocycles. The van der Waals surface area contributed by atoms with Gasteiger partial charge in [0.1, 0.15) is 5.75 Å². The maximum absolute atomic E-state index is 6.23. The highest BCUT2D eigenvalue weighted by Gasteiger charge is 2.28. The molecule has 0 N–H and O–H groups in total. The summed E-state index contributed by atoms with van der Waals surface area (Å²) >= 11 is 0. The van der Waals surface area contributed by atoms with Crippen molar-refractivity contribution in [1.82, 2.24) is 14.7 Å². The smallest absolute Gasteiger partial charge is 0.120 e. The summed E-state index contributed by atoms with van der Waals surface area (Å²) in [5.74, 6) is 1.92. The van der Waals surface area contributed by atoms with Crippen molar-refractivity contribution in [2.45, 2.75) is 77.0 Å². The molecular weight excluding hydrogens is 370 g/mol. The maximum Gasteiger partial charge on any atom is 0.120 e. The SMILES string of the molecule is CCN(Cc1cccc(OC2CCCC2)c1)CC1CCN(C2CCN(C)CC2)CC1. The molecule has 1 aromatic rings. The first-order valence-corrected chi connectivity index (χ1v) is 12.6. The van der Waals surface area contributed by atoms with Gasteiger partial charge in [-0.1, -0.05) is 19.1 Å². The maximum atomic E-state index is 6.23. The molecule has 4 rings (SSSR count). The molecule has 2 aliphatic heterocycles. The molecule has 2 saturated heterocycles. The first-order valence-electron chi connectivity index (χ1n) is 12.6. The number of hydrogen-bond acceptors (Lipinski definition) is 4. The van der Waals surface area contributed by atoms with Gasteiger partial charge < -0.3 is 14.5 Å². The summed E-state index contributed by atoms with van der Waals surface area (Å²) in [5, 5.41) is 0. The lowest BCUT2D eigenvalue weighted by molar-refractivity contribution is 0.0746. The van der Waals surface area contributed by atoms with Crippen LogP contribution in [0, 0.1) is 5.92 Å². The van der Waals surface area contributed by atoms with Gasteiger partial charge in [-0.3, -0.25) is 4.90 Å². The topological polar surface area (TPSA) is 19.0 Å². The van der Waals surface area contributed by atoms with Crippen molar-refractivity contribution >= 4 is 0 Å². The summed E-state index contributed by atoms with van der Waals surface area (Å²) in [6.45, 7) is 10.9. The van der Waals surface area contributed by atoms with Crippen LogP contribution in [0.1, 0.15) is 63.9 Å². The predicted octanol–water partition coefficient (Wildman–Crippen LogP) is 4.64. The molecule has 0 radical (unpaired) electrons. The van der Waals surface area contributed by atoms with Crippen LogP contribution in [-0.2, 0) is 6.54 Å². The number of likely N-dealkylation sites (tertiary alicyclic amines) is 2. The first-order chi connectivity index (χ1) is 14.7. The highest BCUT2D eigenvalue weighted by atomic mass is 16.5. The molecule has 2 heterocycles. The molecule has 1 aromatic carbocycles. The fourth-order valence-electron chi connectivity index (χ4n) is 5.71. The van der Waals surface area contributed by atoms with E-state index < -0.39 is 0 Å². The van der Waals surface area contributed by atoms with Crippen molar-refractivity contribution in [1.29, 1.82) is 0 Å². The van der Waals surface area contributed by atoms with E-state index in [4.69, 9.17) is 4.74 Å². The molecule has 3 aliphatic rings. The second-order valence-electron chi connectivity index (χ2n) is 10.0. The van der Waals surface area contributed by atoms with Gasteiger partial charge in [-0.05, 0) is 115 Å². The van der Waals surface area contributed by atoms with E-state index in [9.17, 15) is 0 Å². The van der Waals surface area contributed by atoms with Gasteiger partial charge in [0.15, 0.2) is 0 Å². The van der Waals surface area contributed by atoms with Gasteiger partial charge in [0, 0.05) is 19.1 Å². The lowest BCUT2D eigenvalue weighted by Gasteiger charge is -2.41. The third-order valence-electron chi connectivity index (χ3n) is 7.73. The lowest BCUT2D eigenvalue weighted by Crippen LogP contribution is -2.47. The molecule has 1 saturated carbocycles. The Bertz CT molecular complexity index is 629. The largest absolute Gasteiger partial charge is 0.490 e. The first kappa shape index (κ1) is 22.1. The Kier molecular flexibility index (Phi) is 8.08. The van der Waals surface area contributed by atoms with Crippen LogP contribution in [0.25, 0.3) is 0 Å². The summed E-state index contributed by atoms with van der Waals surface area (Å²) in [5.41, 5.74) is 1.40. The lowest BCUT2D eigenvalue weighted by atomic mass is 9.93. The summed E-state index contributed by atoms with van der Waals surface area (Å²) in [7, 11) is 2.26. The second-order valence-corrected chi connectivity index (χ2v) is 10.0. The van der Waals surface area contributed by atoms with Gasteiger partial charge in [-0.2, -0.15) is 0 Å². The van der Waals surface area contributed by atoms with E-state index in [1.807, 2.05) is 0 Å². The number of piperidine rings is 2. The van der Waals surface area contributed by atoms with E-state index in [2.05, 4.69) is 52.9 Å². The van der Waals surface area contributed by atoms with Gasteiger partial charge in [-0.25, -0.2) is 0 Å². The minimum absolute atomic E-state index is 0.442. The van der Waals surface area contributed by atoms with Gasteiger partial charge >= 0.3 is 0 Å². The average molecular weight is 414 g/mol. The molecule has 0 bridgehead atoms. The molecule has 1 aliphatic carbocycles. The number of rotatable bonds is 8. The quantitative estimate of drug-likeness (QED) is 0.618. The third-order valence-corrected chi connectivity index (χ3v) is 7.73. The molecule has 4 nitrogen and oxygen atoms in total. The van der Waals surface area contributed by atoms with Crippen LogP contribution >= 0.6 is 0 Å². The normalized spacial score (nSPS) is 23.4. The van der Waals surface area contributed by atoms with E-state index >= 15 is 0 Å². The van der Waals surface area contributed by atoms with E-state index in [0.29, 0.717) is 6.10 Å². The van der Waals surface area contributed by atoms with Crippen LogP contribution in [0.4, 0.5) is 0 Å². The fraction of sp³-hybridized carbons (Fsp3) is 0.769. The van der Waals surface area contributed by atoms with Gasteiger partial charge in [0.05, 0.1) is 6.10 Å². The summed E-state index contributed by atoms with van der Waals surface area (Å²) < 4.78 is 6.23. The molecule has 4 heteroatoms. The molecule has 0 atom stereocenters. The van der Waals surface area contributed by atoms with Crippen LogP contribution in [0.3, 0.4) is 0 Å². The van der Waals surface area contributed by atoms with Crippen molar-refractivity contribution in [3.8, 4) is 5.75 Å². The van der Waals surface area contributed by atoms with Crippen molar-refractivity contribution < 1.29 is 4.74 Å². The second kappa shape index (κ2) is 11.0. The number of hydrogen-bond donors (Lipinski definition) is 0. The Morgan fingerprint density at radius 1 is 0.967 bits per heavy atom. The Labute approximate surface area is 184 Å². The van der Waals surface area contributed by atoms with Crippen LogP contribution in [0.5, 0.6) is 5.75 Å². The Hall–Kier alpha value is -1.10. The molecule has 0 spiro atoms. The van der Waals surface area contributed by atoms with Gasteiger partial charge in [0.2, 0.25) is 0 Å². The highest BCUT2D eigenvalue weighted by Crippen LogP contribution is 2.26. The zero-order chi connectivity index (χ0) is 20.8. The zero-order valence-corrected chi connectivity index (χ0v) is 19.4. The molecule has 0 amide bonds. The van der Waals surface area contributed by atoms with Crippen LogP contribution < -0.4 is 4.74 Å². The van der Waals surface area contributed by atoms with E-state index in [0.717, 1.165) is 30.8 Å². The minimum atomic E-state index is 0.442. The van der Waals surface area contributed by atoms with Crippen molar-refractivity contribution in [2.75, 3.05) is 46.3 Å². The summed E-state index contributed by atoms with van der Waals surface area (Å²) in [4.78, 5) is 7.92. The van der Waals surface area contributed by atoms with Crippen LogP contribution in [0.2, 0.25) is 0 Å². The number of ether oxygens (including phenoxy) is 1. The van der Waals surface area contributed by atoms with Crippen LogP contribution in [-0.4, -0.2) is 73.2 Å². The summed E-state index contributed by atoms with van der Waals surface area (Å²) in [6, 6.07) is 9.70. The van der Waals surface area contributed by atoms with E-state index in [-0.39, 0.29) is 0 Å². The van der Waals surface area contributed by atoms with Crippen molar-refractivity contribution in [3.05, 3.63) is 29.8 Å². The third kappa shape index (κ3) is 6.21. The fourth-order valence-corrected chi connectivity index (χ4v) is 5.71. The molecular formula is C26H43N3O. The monoisotopic (exact) mass is 413 g/mol. The molecule has 3 fully saturated rings. The molecule has 168 valence electrons. The van der Waals surface area contributed by atoms with Crippen molar-refractivity contribution in [2.24, 2.45) is 5.92 Å². The highest BCUT2D eigenvalue weighted by molar-refractivity contribution is 5.28. The zero-order valence-electron chi connectivity index (χ0n) is 19.4. The van der Waals surface area contributed by atoms with Gasteiger partial charge in [-0.15, -0.1) is 0 Å². The van der Waals surface area contributed by atoms with Crippen LogP contribution in [0.15, 0.2) is 24.3 Å². The summed E-state index contributed by atoms with van der Waals surface area (Å²) in [6.07, 6.45) is 11.0. The Balaban J connectivity index is 1.23. The molecule has 0 unspecified atom stereocenters. The van der Waals surface area contributed by atoms with Crippen molar-refractivity contribution in [3.63, 3.8) is 0 Å².